The Kier molecular flexibility index (Phi) is 19.3. The summed E-state index contributed by atoms with van der Waals surface area (Å²) >= 11 is 0. The Hall–Kier alpha value is -0.290. The molecule has 3 N–H and O–H groups in total. The Morgan fingerprint density at radius 1 is 0.585 bits per heavy atom. The molecule has 6 aliphatic carbocycles. The van der Waals surface area contributed by atoms with E-state index in [0.29, 0.717) is 22.7 Å². The predicted octanol–water partition coefficient (Wildman–Crippen LogP) is 11.3. The van der Waals surface area contributed by atoms with Crippen LogP contribution in [0.2, 0.25) is 0 Å². The van der Waals surface area contributed by atoms with Crippen LogP contribution in [0.4, 0.5) is 0 Å². The summed E-state index contributed by atoms with van der Waals surface area (Å²) in [4.78, 5) is 11.6. The molecule has 0 radical (unpaired) electrons. The molecule has 10 heteroatoms. The van der Waals surface area contributed by atoms with Crippen LogP contribution in [0.15, 0.2) is 4.40 Å². The van der Waals surface area contributed by atoms with E-state index in [1.807, 2.05) is 41.5 Å². The summed E-state index contributed by atoms with van der Waals surface area (Å²) in [5.41, 5.74) is 2.31. The van der Waals surface area contributed by atoms with Gasteiger partial charge in [-0.2, -0.15) is 4.40 Å². The predicted molar refractivity (Wildman–Crippen MR) is 232 cm³/mol. The van der Waals surface area contributed by atoms with Crippen molar-refractivity contribution in [2.24, 2.45) is 25.8 Å². The van der Waals surface area contributed by atoms with Gasteiger partial charge in [0, 0.05) is 29.0 Å². The number of carbonyl (C=O) groups excluding carboxylic acids is 1. The Balaban J connectivity index is 0.000000255. The maximum atomic E-state index is 12.2. The van der Waals surface area contributed by atoms with Gasteiger partial charge in [-0.3, -0.25) is 9.93 Å². The van der Waals surface area contributed by atoms with Crippen molar-refractivity contribution in [1.29, 1.82) is 0 Å². The SMILES string of the molecule is C.CC(C)(C)[S@@](=O)N=C1CCCC12CCCCC2.CC(C)(C)[S@@](=O)N[C@@H]1CCCC12CCCCC2.CC(C)(C)[S@](N)=O.O=C1CCCC12CCCCC2. The fourth-order valence-corrected chi connectivity index (χ4v) is 11.1. The van der Waals surface area contributed by atoms with Gasteiger partial charge in [-0.1, -0.05) is 71.6 Å². The summed E-state index contributed by atoms with van der Waals surface area (Å²) in [5.74, 6) is 0.581. The maximum absolute atomic E-state index is 12.2. The Morgan fingerprint density at radius 3 is 1.43 bits per heavy atom. The largest absolute Gasteiger partial charge is 0.299 e. The quantitative estimate of drug-likeness (QED) is 0.295. The van der Waals surface area contributed by atoms with Crippen LogP contribution in [0, 0.1) is 16.2 Å². The third-order valence-corrected chi connectivity index (χ3v) is 17.1. The summed E-state index contributed by atoms with van der Waals surface area (Å²) in [6.07, 6.45) is 30.6. The first-order valence-corrected chi connectivity index (χ1v) is 24.5. The Labute approximate surface area is 335 Å². The average Bonchev–Trinajstić information content (AvgIpc) is 3.75. The van der Waals surface area contributed by atoms with E-state index in [1.165, 1.54) is 147 Å². The zero-order chi connectivity index (χ0) is 38.8. The fraction of sp³-hybridized carbons (Fsp3) is 0.953. The third-order valence-electron chi connectivity index (χ3n) is 12.8. The van der Waals surface area contributed by atoms with E-state index in [0.717, 1.165) is 12.8 Å². The molecule has 0 amide bonds. The molecule has 0 aromatic carbocycles. The second kappa shape index (κ2) is 20.9. The van der Waals surface area contributed by atoms with Crippen molar-refractivity contribution in [3.8, 4) is 0 Å². The van der Waals surface area contributed by atoms with E-state index >= 15 is 0 Å². The summed E-state index contributed by atoms with van der Waals surface area (Å²) < 4.78 is 42.2. The molecule has 6 aliphatic rings. The van der Waals surface area contributed by atoms with Crippen LogP contribution >= 0.6 is 0 Å². The van der Waals surface area contributed by atoms with Crippen molar-refractivity contribution in [2.45, 2.75) is 244 Å². The molecule has 4 atom stereocenters. The highest BCUT2D eigenvalue weighted by atomic mass is 32.2. The normalized spacial score (nSPS) is 27.4. The van der Waals surface area contributed by atoms with Gasteiger partial charge in [-0.15, -0.1) is 0 Å². The van der Waals surface area contributed by atoms with Crippen molar-refractivity contribution < 1.29 is 17.4 Å². The van der Waals surface area contributed by atoms with Crippen LogP contribution in [0.3, 0.4) is 0 Å². The van der Waals surface area contributed by atoms with Gasteiger partial charge in [0.25, 0.3) is 0 Å². The van der Waals surface area contributed by atoms with Crippen molar-refractivity contribution in [3.63, 3.8) is 0 Å². The van der Waals surface area contributed by atoms with Crippen LogP contribution in [-0.4, -0.2) is 44.4 Å². The van der Waals surface area contributed by atoms with Gasteiger partial charge in [-0.05, 0) is 151 Å². The smallest absolute Gasteiger partial charge is 0.144 e. The molecule has 6 saturated carbocycles. The van der Waals surface area contributed by atoms with E-state index < -0.39 is 33.0 Å². The summed E-state index contributed by atoms with van der Waals surface area (Å²) in [5, 5.41) is 5.04. The number of ketones is 1. The minimum absolute atomic E-state index is 0. The maximum Gasteiger partial charge on any atom is 0.144 e. The molecule has 0 bridgehead atoms. The highest BCUT2D eigenvalue weighted by Gasteiger charge is 2.45. The van der Waals surface area contributed by atoms with Crippen molar-refractivity contribution >= 4 is 44.5 Å². The van der Waals surface area contributed by atoms with E-state index in [4.69, 9.17) is 5.14 Å². The summed E-state index contributed by atoms with van der Waals surface area (Å²) in [6, 6.07) is 0.503. The second-order valence-electron chi connectivity index (χ2n) is 20.0. The lowest BCUT2D eigenvalue weighted by Crippen LogP contribution is -2.47. The third kappa shape index (κ3) is 14.2. The number of nitrogens with one attached hydrogen (secondary N) is 1. The van der Waals surface area contributed by atoms with Crippen LogP contribution in [-0.2, 0) is 37.8 Å². The Bertz CT molecular complexity index is 1240. The van der Waals surface area contributed by atoms with E-state index in [-0.39, 0.29) is 27.1 Å². The highest BCUT2D eigenvalue weighted by Crippen LogP contribution is 2.50. The zero-order valence-corrected chi connectivity index (χ0v) is 37.4. The summed E-state index contributed by atoms with van der Waals surface area (Å²) in [7, 11) is -3.15. The number of nitrogens with zero attached hydrogens (tertiary/aromatic N) is 1. The fourth-order valence-electron chi connectivity index (χ4n) is 9.38. The van der Waals surface area contributed by atoms with E-state index in [9.17, 15) is 17.4 Å². The molecule has 0 heterocycles. The second-order valence-corrected chi connectivity index (χ2v) is 25.7. The molecule has 3 spiro atoms. The van der Waals surface area contributed by atoms with Gasteiger partial charge < -0.3 is 0 Å². The zero-order valence-electron chi connectivity index (χ0n) is 34.9. The molecular formula is C43H83N3O4S3. The van der Waals surface area contributed by atoms with Gasteiger partial charge in [0.15, 0.2) is 0 Å². The van der Waals surface area contributed by atoms with Crippen LogP contribution in [0.1, 0.15) is 224 Å². The van der Waals surface area contributed by atoms with Gasteiger partial charge in [0.05, 0.1) is 36.2 Å². The van der Waals surface area contributed by atoms with Gasteiger partial charge in [-0.25, -0.2) is 17.3 Å². The number of nitrogens with two attached hydrogens (primary N) is 1. The monoisotopic (exact) mass is 802 g/mol. The molecular weight excluding hydrogens is 719 g/mol. The highest BCUT2D eigenvalue weighted by molar-refractivity contribution is 7.85. The minimum atomic E-state index is -1.18. The lowest BCUT2D eigenvalue weighted by molar-refractivity contribution is -0.127. The van der Waals surface area contributed by atoms with Crippen LogP contribution in [0.25, 0.3) is 0 Å². The molecule has 0 unspecified atom stereocenters. The van der Waals surface area contributed by atoms with E-state index in [2.05, 4.69) is 29.9 Å². The lowest BCUT2D eigenvalue weighted by Gasteiger charge is -2.40. The van der Waals surface area contributed by atoms with E-state index in [1.54, 1.807) is 0 Å². The molecule has 0 saturated heterocycles. The molecule has 6 rings (SSSR count). The standard InChI is InChI=1S/C14H27NOS.C14H25NOS.C10H16O.C4H11NOS.CH4/c2*1-13(2,3)17(16)15-12-8-7-11-14(12)9-5-4-6-10-14;11-9-5-4-8-10(9)6-2-1-3-7-10;1-4(2,3)7(5)6;/h12,15H,4-11H2,1-3H3;4-11H2,1-3H3;1-8H2;5H2,1-3H3;1H4/t12-,17-;17-;;7-;/m11.1./s1. The first kappa shape index (κ1) is 48.9. The van der Waals surface area contributed by atoms with Crippen LogP contribution < -0.4 is 9.86 Å². The van der Waals surface area contributed by atoms with Gasteiger partial charge in [0.1, 0.15) is 16.8 Å². The summed E-state index contributed by atoms with van der Waals surface area (Å²) in [6.45, 7) is 17.7. The minimum Gasteiger partial charge on any atom is -0.299 e. The number of carbonyl (C=O) groups is 1. The van der Waals surface area contributed by atoms with Crippen molar-refractivity contribution in [2.75, 3.05) is 0 Å². The molecule has 0 aromatic rings. The lowest BCUT2D eigenvalue weighted by atomic mass is 9.71. The van der Waals surface area contributed by atoms with Gasteiger partial charge >= 0.3 is 0 Å². The van der Waals surface area contributed by atoms with Gasteiger partial charge in [0.2, 0.25) is 0 Å². The van der Waals surface area contributed by atoms with Crippen molar-refractivity contribution in [3.05, 3.63) is 0 Å². The molecule has 7 nitrogen and oxygen atoms in total. The Morgan fingerprint density at radius 2 is 1.00 bits per heavy atom. The topological polar surface area (TPSA) is 119 Å². The molecule has 0 aliphatic heterocycles. The van der Waals surface area contributed by atoms with Crippen LogP contribution in [0.5, 0.6) is 0 Å². The number of hydrogen-bond donors (Lipinski definition) is 2. The first-order chi connectivity index (χ1) is 24.2. The number of rotatable bonds is 3. The average molecular weight is 802 g/mol. The van der Waals surface area contributed by atoms with Crippen molar-refractivity contribution in [1.82, 2.24) is 4.72 Å². The molecule has 53 heavy (non-hydrogen) atoms. The molecule has 6 fully saturated rings. The molecule has 0 aromatic heterocycles. The number of Topliss-reactive ketones (excluding diaryl/α,β-unsaturated/α-hetero) is 1. The number of hydrogen-bond acceptors (Lipinski definition) is 4. The molecule has 312 valence electrons. The first-order valence-electron chi connectivity index (χ1n) is 21.0.